The average Bonchev–Trinajstić information content (AvgIpc) is 3.16. The van der Waals surface area contributed by atoms with Crippen molar-refractivity contribution in [1.29, 1.82) is 0 Å². The van der Waals surface area contributed by atoms with E-state index in [0.29, 0.717) is 11.5 Å². The van der Waals surface area contributed by atoms with Gasteiger partial charge in [0.1, 0.15) is 0 Å². The zero-order valence-electron chi connectivity index (χ0n) is 14.4. The van der Waals surface area contributed by atoms with Crippen LogP contribution in [0, 0.1) is 0 Å². The van der Waals surface area contributed by atoms with Crippen LogP contribution < -0.4 is 9.47 Å². The summed E-state index contributed by atoms with van der Waals surface area (Å²) in [5.41, 5.74) is 1.12. The molecule has 128 valence electrons. The second-order valence-corrected chi connectivity index (χ2v) is 7.23. The molecule has 0 unspecified atom stereocenters. The van der Waals surface area contributed by atoms with Crippen molar-refractivity contribution in [2.75, 3.05) is 14.1 Å². The van der Waals surface area contributed by atoms with Crippen molar-refractivity contribution in [1.82, 2.24) is 4.90 Å². The Morgan fingerprint density at radius 2 is 1.35 bits per heavy atom. The number of phenolic OH excluding ortho intramolecular Hbond substituents is 1. The summed E-state index contributed by atoms with van der Waals surface area (Å²) in [5.74, 6) is 1.35. The van der Waals surface area contributed by atoms with Crippen LogP contribution in [0.1, 0.15) is 56.9 Å². The molecule has 1 aromatic carbocycles. The summed E-state index contributed by atoms with van der Waals surface area (Å²) < 4.78 is 12.2. The Morgan fingerprint density at radius 3 is 1.74 bits per heavy atom. The van der Waals surface area contributed by atoms with E-state index in [0.717, 1.165) is 37.8 Å². The normalized spacial score (nSPS) is 19.6. The van der Waals surface area contributed by atoms with E-state index in [4.69, 9.17) is 9.47 Å². The van der Waals surface area contributed by atoms with Crippen LogP contribution in [0.25, 0.3) is 0 Å². The summed E-state index contributed by atoms with van der Waals surface area (Å²) in [6.07, 6.45) is 9.65. The molecule has 2 aliphatic rings. The molecule has 4 nitrogen and oxygen atoms in total. The first-order valence-electron chi connectivity index (χ1n) is 8.96. The average molecular weight is 319 g/mol. The van der Waals surface area contributed by atoms with Crippen LogP contribution in [-0.4, -0.2) is 36.3 Å². The summed E-state index contributed by atoms with van der Waals surface area (Å²) in [6.45, 7) is 0.808. The molecular formula is C19H29NO3. The first-order chi connectivity index (χ1) is 11.1. The van der Waals surface area contributed by atoms with Gasteiger partial charge in [0.25, 0.3) is 0 Å². The maximum atomic E-state index is 10.6. The SMILES string of the molecule is CN(C)Cc1cc(OC2CCCC2)c(O)c(OC2CCCC2)c1. The molecule has 0 atom stereocenters. The molecular weight excluding hydrogens is 290 g/mol. The lowest BCUT2D eigenvalue weighted by atomic mass is 10.1. The van der Waals surface area contributed by atoms with E-state index in [1.807, 2.05) is 26.2 Å². The van der Waals surface area contributed by atoms with E-state index >= 15 is 0 Å². The monoisotopic (exact) mass is 319 g/mol. The maximum absolute atomic E-state index is 10.6. The minimum Gasteiger partial charge on any atom is -0.502 e. The van der Waals surface area contributed by atoms with Crippen molar-refractivity contribution < 1.29 is 14.6 Å². The van der Waals surface area contributed by atoms with Crippen LogP contribution in [0.15, 0.2) is 12.1 Å². The third-order valence-corrected chi connectivity index (χ3v) is 4.79. The zero-order chi connectivity index (χ0) is 16.2. The molecule has 2 fully saturated rings. The second-order valence-electron chi connectivity index (χ2n) is 7.23. The van der Waals surface area contributed by atoms with Gasteiger partial charge in [-0.05, 0) is 83.2 Å². The number of phenols is 1. The Hall–Kier alpha value is -1.42. The second kappa shape index (κ2) is 7.43. The van der Waals surface area contributed by atoms with E-state index in [-0.39, 0.29) is 18.0 Å². The molecule has 0 heterocycles. The Labute approximate surface area is 139 Å². The van der Waals surface area contributed by atoms with Crippen LogP contribution in [-0.2, 0) is 6.54 Å². The third-order valence-electron chi connectivity index (χ3n) is 4.79. The number of rotatable bonds is 6. The molecule has 0 aliphatic heterocycles. The predicted octanol–water partition coefficient (Wildman–Crippen LogP) is 4.10. The number of nitrogens with zero attached hydrogens (tertiary/aromatic N) is 1. The largest absolute Gasteiger partial charge is 0.502 e. The van der Waals surface area contributed by atoms with Gasteiger partial charge in [0.2, 0.25) is 5.75 Å². The molecule has 3 rings (SSSR count). The van der Waals surface area contributed by atoms with Crippen molar-refractivity contribution in [3.8, 4) is 17.2 Å². The first kappa shape index (κ1) is 16.4. The van der Waals surface area contributed by atoms with Gasteiger partial charge in [-0.2, -0.15) is 0 Å². The van der Waals surface area contributed by atoms with Gasteiger partial charge in [-0.1, -0.05) is 0 Å². The Kier molecular flexibility index (Phi) is 5.31. The van der Waals surface area contributed by atoms with Gasteiger partial charge < -0.3 is 19.5 Å². The van der Waals surface area contributed by atoms with Gasteiger partial charge in [-0.25, -0.2) is 0 Å². The van der Waals surface area contributed by atoms with Crippen LogP contribution in [0.2, 0.25) is 0 Å². The van der Waals surface area contributed by atoms with E-state index < -0.39 is 0 Å². The van der Waals surface area contributed by atoms with Gasteiger partial charge >= 0.3 is 0 Å². The topological polar surface area (TPSA) is 41.9 Å². The number of ether oxygens (including phenoxy) is 2. The highest BCUT2D eigenvalue weighted by Crippen LogP contribution is 2.41. The van der Waals surface area contributed by atoms with Crippen molar-refractivity contribution in [3.05, 3.63) is 17.7 Å². The fourth-order valence-corrected chi connectivity index (χ4v) is 3.64. The van der Waals surface area contributed by atoms with Crippen LogP contribution >= 0.6 is 0 Å². The number of aromatic hydroxyl groups is 1. The molecule has 1 aromatic rings. The highest BCUT2D eigenvalue weighted by Gasteiger charge is 2.23. The highest BCUT2D eigenvalue weighted by molar-refractivity contribution is 5.53. The molecule has 4 heteroatoms. The van der Waals surface area contributed by atoms with Gasteiger partial charge in [-0.3, -0.25) is 0 Å². The lowest BCUT2D eigenvalue weighted by molar-refractivity contribution is 0.183. The molecule has 2 saturated carbocycles. The number of hydrogen-bond acceptors (Lipinski definition) is 4. The quantitative estimate of drug-likeness (QED) is 0.857. The standard InChI is InChI=1S/C19H29NO3/c1-20(2)13-14-11-17(22-15-7-3-4-8-15)19(21)18(12-14)23-16-9-5-6-10-16/h11-12,15-16,21H,3-10,13H2,1-2H3. The van der Waals surface area contributed by atoms with E-state index in [1.54, 1.807) is 0 Å². The molecule has 0 aromatic heterocycles. The van der Waals surface area contributed by atoms with Gasteiger partial charge in [0.05, 0.1) is 12.2 Å². The Balaban J connectivity index is 1.82. The molecule has 23 heavy (non-hydrogen) atoms. The van der Waals surface area contributed by atoms with Crippen molar-refractivity contribution >= 4 is 0 Å². The van der Waals surface area contributed by atoms with Gasteiger partial charge in [0, 0.05) is 6.54 Å². The first-order valence-corrected chi connectivity index (χ1v) is 8.96. The Morgan fingerprint density at radius 1 is 0.913 bits per heavy atom. The molecule has 2 aliphatic carbocycles. The number of benzene rings is 1. The van der Waals surface area contributed by atoms with E-state index in [1.165, 1.54) is 25.7 Å². The van der Waals surface area contributed by atoms with Crippen molar-refractivity contribution in [2.45, 2.75) is 70.1 Å². The van der Waals surface area contributed by atoms with Crippen LogP contribution in [0.5, 0.6) is 17.2 Å². The smallest absolute Gasteiger partial charge is 0.200 e. The summed E-state index contributed by atoms with van der Waals surface area (Å²) in [7, 11) is 4.09. The zero-order valence-corrected chi connectivity index (χ0v) is 14.4. The molecule has 0 amide bonds. The summed E-state index contributed by atoms with van der Waals surface area (Å²) in [5, 5.41) is 10.6. The lowest BCUT2D eigenvalue weighted by Crippen LogP contribution is -2.15. The van der Waals surface area contributed by atoms with Crippen molar-refractivity contribution in [2.24, 2.45) is 0 Å². The van der Waals surface area contributed by atoms with Gasteiger partial charge in [-0.15, -0.1) is 0 Å². The molecule has 0 radical (unpaired) electrons. The third kappa shape index (κ3) is 4.31. The lowest BCUT2D eigenvalue weighted by Gasteiger charge is -2.21. The Bertz CT molecular complexity index is 478. The predicted molar refractivity (Wildman–Crippen MR) is 91.3 cm³/mol. The highest BCUT2D eigenvalue weighted by atomic mass is 16.5. The molecule has 0 spiro atoms. The van der Waals surface area contributed by atoms with Crippen LogP contribution in [0.4, 0.5) is 0 Å². The van der Waals surface area contributed by atoms with E-state index in [9.17, 15) is 5.11 Å². The summed E-state index contributed by atoms with van der Waals surface area (Å²) >= 11 is 0. The van der Waals surface area contributed by atoms with Crippen LogP contribution in [0.3, 0.4) is 0 Å². The number of hydrogen-bond donors (Lipinski definition) is 1. The molecule has 0 bridgehead atoms. The molecule has 0 saturated heterocycles. The van der Waals surface area contributed by atoms with Gasteiger partial charge in [0.15, 0.2) is 11.5 Å². The minimum absolute atomic E-state index is 0.173. The maximum Gasteiger partial charge on any atom is 0.200 e. The fraction of sp³-hybridized carbons (Fsp3) is 0.684. The fourth-order valence-electron chi connectivity index (χ4n) is 3.64. The minimum atomic E-state index is 0.173. The van der Waals surface area contributed by atoms with E-state index in [2.05, 4.69) is 4.90 Å². The summed E-state index contributed by atoms with van der Waals surface area (Å²) in [6, 6.07) is 3.93. The summed E-state index contributed by atoms with van der Waals surface area (Å²) in [4.78, 5) is 2.12. The van der Waals surface area contributed by atoms with Crippen molar-refractivity contribution in [3.63, 3.8) is 0 Å². The molecule has 1 N–H and O–H groups in total.